The number of carbonyl (C=O) groups excluding carboxylic acids is 2. The normalized spacial score (nSPS) is 18.9. The van der Waals surface area contributed by atoms with Gasteiger partial charge in [-0.3, -0.25) is 10.2 Å². The number of aryl methyl sites for hydroxylation is 2. The minimum absolute atomic E-state index is 0.0272. The maximum absolute atomic E-state index is 12.5. The minimum atomic E-state index is -0.641. The summed E-state index contributed by atoms with van der Waals surface area (Å²) in [6.07, 6.45) is 0.954. The molecule has 1 aromatic carbocycles. The van der Waals surface area contributed by atoms with Crippen molar-refractivity contribution in [3.63, 3.8) is 0 Å². The minimum Gasteiger partial charge on any atom is -0.454 e. The predicted molar refractivity (Wildman–Crippen MR) is 134 cm³/mol. The van der Waals surface area contributed by atoms with Crippen LogP contribution in [0.15, 0.2) is 33.3 Å². The van der Waals surface area contributed by atoms with E-state index in [0.29, 0.717) is 43.0 Å². The Bertz CT molecular complexity index is 1260. The van der Waals surface area contributed by atoms with Crippen LogP contribution in [0.5, 0.6) is 0 Å². The third-order valence-electron chi connectivity index (χ3n) is 6.07. The maximum atomic E-state index is 12.5. The van der Waals surface area contributed by atoms with E-state index >= 15 is 0 Å². The lowest BCUT2D eigenvalue weighted by Gasteiger charge is -2.34. The van der Waals surface area contributed by atoms with Crippen LogP contribution in [0.3, 0.4) is 0 Å². The number of furan rings is 1. The van der Waals surface area contributed by atoms with Crippen LogP contribution >= 0.6 is 0 Å². The largest absolute Gasteiger partial charge is 0.454 e. The van der Waals surface area contributed by atoms with Crippen molar-refractivity contribution in [2.45, 2.75) is 59.1 Å². The summed E-state index contributed by atoms with van der Waals surface area (Å²) in [6, 6.07) is 5.86. The number of likely N-dealkylation sites (tertiary alicyclic amines) is 1. The highest BCUT2D eigenvalue weighted by Gasteiger charge is 2.32. The summed E-state index contributed by atoms with van der Waals surface area (Å²) in [5.74, 6) is -0.107. The Kier molecular flexibility index (Phi) is 6.31. The topological polar surface area (TPSA) is 146 Å². The van der Waals surface area contributed by atoms with Gasteiger partial charge < -0.3 is 25.1 Å². The molecule has 10 heteroatoms. The number of amidine groups is 1. The fourth-order valence-electron chi connectivity index (χ4n) is 4.28. The number of amides is 2. The molecule has 1 fully saturated rings. The monoisotopic (exact) mass is 480 g/mol. The molecule has 0 radical (unpaired) electrons. The summed E-state index contributed by atoms with van der Waals surface area (Å²) in [5.41, 5.74) is 10.9. The molecule has 1 saturated heterocycles. The second kappa shape index (κ2) is 9.09. The summed E-state index contributed by atoms with van der Waals surface area (Å²) in [5, 5.41) is 16.7. The van der Waals surface area contributed by atoms with Gasteiger partial charge in [0.05, 0.1) is 11.3 Å². The number of benzene rings is 1. The first-order valence-corrected chi connectivity index (χ1v) is 11.7. The van der Waals surface area contributed by atoms with Crippen LogP contribution in [-0.2, 0) is 9.53 Å². The van der Waals surface area contributed by atoms with E-state index in [2.05, 4.69) is 15.8 Å². The Morgan fingerprint density at radius 3 is 2.63 bits per heavy atom. The number of ether oxygens (including phenoxy) is 1. The zero-order chi connectivity index (χ0) is 25.5. The fourth-order valence-corrected chi connectivity index (χ4v) is 4.28. The first-order chi connectivity index (χ1) is 16.4. The summed E-state index contributed by atoms with van der Waals surface area (Å²) in [7, 11) is 0. The lowest BCUT2D eigenvalue weighted by Crippen LogP contribution is -2.47. The zero-order valence-corrected chi connectivity index (χ0v) is 20.7. The number of hydrogen-bond donors (Lipinski definition) is 4. The first kappa shape index (κ1) is 24.3. The molecule has 5 N–H and O–H groups in total. The predicted octanol–water partition coefficient (Wildman–Crippen LogP) is 3.17. The van der Waals surface area contributed by atoms with Gasteiger partial charge in [0.2, 0.25) is 0 Å². The van der Waals surface area contributed by atoms with Crippen LogP contribution in [0, 0.1) is 19.3 Å². The van der Waals surface area contributed by atoms with Crippen LogP contribution in [-0.4, -0.2) is 53.2 Å². The van der Waals surface area contributed by atoms with Crippen molar-refractivity contribution in [3.8, 4) is 0 Å². The van der Waals surface area contributed by atoms with Crippen molar-refractivity contribution >= 4 is 40.2 Å². The molecule has 0 unspecified atom stereocenters. The van der Waals surface area contributed by atoms with Crippen LogP contribution < -0.4 is 16.5 Å². The molecule has 0 spiro atoms. The maximum Gasteiger partial charge on any atom is 0.410 e. The zero-order valence-electron chi connectivity index (χ0n) is 20.7. The number of nitrogens with two attached hydrogens (primary N) is 1. The van der Waals surface area contributed by atoms with Crippen LogP contribution in [0.1, 0.15) is 50.5 Å². The Morgan fingerprint density at radius 1 is 1.29 bits per heavy atom. The molecule has 0 atom stereocenters. The highest BCUT2D eigenvalue weighted by atomic mass is 16.6. The van der Waals surface area contributed by atoms with Crippen molar-refractivity contribution in [3.05, 3.63) is 40.7 Å². The second-order valence-electron chi connectivity index (χ2n) is 10.0. The number of nitrogens with zero attached hydrogens (tertiary/aromatic N) is 2. The van der Waals surface area contributed by atoms with Crippen molar-refractivity contribution in [2.24, 2.45) is 10.8 Å². The quantitative estimate of drug-likeness (QED) is 0.531. The summed E-state index contributed by atoms with van der Waals surface area (Å²) in [6.45, 7) is 10.5. The lowest BCUT2D eigenvalue weighted by atomic mass is 9.98. The van der Waals surface area contributed by atoms with Gasteiger partial charge in [-0.15, -0.1) is 0 Å². The molecule has 0 bridgehead atoms. The van der Waals surface area contributed by atoms with E-state index in [1.54, 1.807) is 4.90 Å². The lowest BCUT2D eigenvalue weighted by molar-refractivity contribution is -0.114. The molecule has 2 aliphatic rings. The van der Waals surface area contributed by atoms with Gasteiger partial charge in [-0.2, -0.15) is 5.10 Å². The molecule has 186 valence electrons. The van der Waals surface area contributed by atoms with E-state index in [1.165, 1.54) is 0 Å². The Morgan fingerprint density at radius 2 is 1.97 bits per heavy atom. The highest BCUT2D eigenvalue weighted by Crippen LogP contribution is 2.33. The molecule has 2 aliphatic heterocycles. The van der Waals surface area contributed by atoms with E-state index < -0.39 is 11.5 Å². The fraction of sp³-hybridized carbons (Fsp3) is 0.440. The van der Waals surface area contributed by atoms with E-state index in [9.17, 15) is 9.59 Å². The van der Waals surface area contributed by atoms with Crippen molar-refractivity contribution < 1.29 is 18.7 Å². The van der Waals surface area contributed by atoms with E-state index in [1.807, 2.05) is 52.8 Å². The Hall–Kier alpha value is -3.82. The van der Waals surface area contributed by atoms with Gasteiger partial charge in [0, 0.05) is 30.1 Å². The van der Waals surface area contributed by atoms with Gasteiger partial charge >= 0.3 is 6.09 Å². The molecular formula is C25H32N6O4. The summed E-state index contributed by atoms with van der Waals surface area (Å²) >= 11 is 0. The SMILES string of the molecule is Cc1ccc2oc(/C(NC3CCN(C(=O)OC(C)(C)C)CC3)=C3/C(=N)C(=O)NN=C3N)c(C)c2c1. The average molecular weight is 481 g/mol. The molecule has 2 aromatic rings. The number of hydrazone groups is 1. The van der Waals surface area contributed by atoms with Crippen molar-refractivity contribution in [1.82, 2.24) is 15.6 Å². The van der Waals surface area contributed by atoms with Crippen molar-refractivity contribution in [2.75, 3.05) is 13.1 Å². The van der Waals surface area contributed by atoms with Gasteiger partial charge in [0.15, 0.2) is 11.6 Å². The molecule has 10 nitrogen and oxygen atoms in total. The van der Waals surface area contributed by atoms with Gasteiger partial charge in [0.1, 0.15) is 16.9 Å². The second-order valence-corrected chi connectivity index (χ2v) is 10.0. The Balaban J connectivity index is 1.67. The standard InChI is InChI=1S/C25H32N6O4/c1-13-6-7-17-16(12-13)14(2)21(34-17)20(18-19(26)23(32)30-29-22(18)27)28-15-8-10-31(11-9-15)24(33)35-25(3,4)5/h6-7,12,15,26,28H,8-11H2,1-5H3,(H2,27,29)(H,30,32)/b20-18+,26-19?. The van der Waals surface area contributed by atoms with Gasteiger partial charge in [0.25, 0.3) is 5.91 Å². The number of hydrogen-bond acceptors (Lipinski definition) is 8. The van der Waals surface area contributed by atoms with Gasteiger partial charge in [-0.1, -0.05) is 11.6 Å². The number of carbonyl (C=O) groups is 2. The average Bonchev–Trinajstić information content (AvgIpc) is 3.11. The number of rotatable bonds is 3. The molecule has 35 heavy (non-hydrogen) atoms. The molecule has 0 aliphatic carbocycles. The molecular weight excluding hydrogens is 448 g/mol. The van der Waals surface area contributed by atoms with Gasteiger partial charge in [-0.25, -0.2) is 10.2 Å². The van der Waals surface area contributed by atoms with Crippen molar-refractivity contribution in [1.29, 1.82) is 5.41 Å². The van der Waals surface area contributed by atoms with Crippen LogP contribution in [0.2, 0.25) is 0 Å². The summed E-state index contributed by atoms with van der Waals surface area (Å²) in [4.78, 5) is 26.4. The van der Waals surface area contributed by atoms with Crippen LogP contribution in [0.25, 0.3) is 16.7 Å². The van der Waals surface area contributed by atoms with E-state index in [4.69, 9.17) is 20.3 Å². The third-order valence-corrected chi connectivity index (χ3v) is 6.07. The number of piperidine rings is 1. The molecule has 3 heterocycles. The molecule has 1 aromatic heterocycles. The Labute approximate surface area is 204 Å². The van der Waals surface area contributed by atoms with Crippen LogP contribution in [0.4, 0.5) is 4.79 Å². The molecule has 2 amide bonds. The number of fused-ring (bicyclic) bond motifs is 1. The third kappa shape index (κ3) is 5.01. The highest BCUT2D eigenvalue weighted by molar-refractivity contribution is 6.53. The smallest absolute Gasteiger partial charge is 0.410 e. The van der Waals surface area contributed by atoms with E-state index in [-0.39, 0.29) is 29.3 Å². The first-order valence-electron chi connectivity index (χ1n) is 11.7. The van der Waals surface area contributed by atoms with E-state index in [0.717, 1.165) is 16.5 Å². The van der Waals surface area contributed by atoms with Gasteiger partial charge in [-0.05, 0) is 59.6 Å². The molecule has 4 rings (SSSR count). The molecule has 0 saturated carbocycles. The number of nitrogens with one attached hydrogen (secondary N) is 3. The summed E-state index contributed by atoms with van der Waals surface area (Å²) < 4.78 is 11.7.